The minimum atomic E-state index is -0.0927. The average Bonchev–Trinajstić information content (AvgIpc) is 3.28. The van der Waals surface area contributed by atoms with Crippen LogP contribution in [0.4, 0.5) is 0 Å². The molecule has 166 valence electrons. The number of aromatic nitrogens is 3. The van der Waals surface area contributed by atoms with Crippen molar-refractivity contribution in [3.8, 4) is 0 Å². The first kappa shape index (κ1) is 22.8. The van der Waals surface area contributed by atoms with Gasteiger partial charge in [0, 0.05) is 24.1 Å². The van der Waals surface area contributed by atoms with Crippen molar-refractivity contribution in [2.75, 3.05) is 13.1 Å². The van der Waals surface area contributed by atoms with Gasteiger partial charge in [-0.2, -0.15) is 0 Å². The van der Waals surface area contributed by atoms with Gasteiger partial charge in [0.15, 0.2) is 10.3 Å². The summed E-state index contributed by atoms with van der Waals surface area (Å²) in [6.07, 6.45) is 0.808. The van der Waals surface area contributed by atoms with Crippen molar-refractivity contribution in [2.45, 2.75) is 32.5 Å². The van der Waals surface area contributed by atoms with Crippen LogP contribution in [0.15, 0.2) is 69.4 Å². The fourth-order valence-corrected chi connectivity index (χ4v) is 4.89. The third-order valence-corrected chi connectivity index (χ3v) is 6.76. The van der Waals surface area contributed by atoms with E-state index in [-0.39, 0.29) is 11.6 Å². The van der Waals surface area contributed by atoms with Crippen molar-refractivity contribution in [1.29, 1.82) is 0 Å². The Labute approximate surface area is 199 Å². The Morgan fingerprint density at radius 3 is 2.56 bits per heavy atom. The van der Waals surface area contributed by atoms with Crippen molar-refractivity contribution in [3.05, 3.63) is 91.9 Å². The highest BCUT2D eigenvalue weighted by Crippen LogP contribution is 2.27. The lowest BCUT2D eigenvalue weighted by molar-refractivity contribution is 0.176. The summed E-state index contributed by atoms with van der Waals surface area (Å²) in [6, 6.07) is 18.3. The van der Waals surface area contributed by atoms with E-state index in [0.717, 1.165) is 28.8 Å². The predicted molar refractivity (Wildman–Crippen MR) is 134 cm³/mol. The van der Waals surface area contributed by atoms with Gasteiger partial charge in [-0.15, -0.1) is 11.3 Å². The van der Waals surface area contributed by atoms with Crippen LogP contribution in [0, 0.1) is 0 Å². The highest BCUT2D eigenvalue weighted by Gasteiger charge is 2.25. The van der Waals surface area contributed by atoms with Crippen LogP contribution in [0.3, 0.4) is 0 Å². The molecule has 1 unspecified atom stereocenters. The molecule has 32 heavy (non-hydrogen) atoms. The van der Waals surface area contributed by atoms with Gasteiger partial charge < -0.3 is 5.73 Å². The summed E-state index contributed by atoms with van der Waals surface area (Å²) in [7, 11) is 0. The van der Waals surface area contributed by atoms with Crippen molar-refractivity contribution in [1.82, 2.24) is 19.4 Å². The summed E-state index contributed by atoms with van der Waals surface area (Å²) in [5, 5.41) is 0. The van der Waals surface area contributed by atoms with E-state index in [4.69, 9.17) is 10.7 Å². The van der Waals surface area contributed by atoms with E-state index in [1.165, 1.54) is 16.9 Å². The Morgan fingerprint density at radius 2 is 1.88 bits per heavy atom. The predicted octanol–water partition coefficient (Wildman–Crippen LogP) is 4.58. The van der Waals surface area contributed by atoms with Gasteiger partial charge in [0.2, 0.25) is 0 Å². The molecule has 2 aromatic carbocycles. The largest absolute Gasteiger partial charge is 0.329 e. The Kier molecular flexibility index (Phi) is 7.47. The smallest absolute Gasteiger partial charge is 0.281 e. The summed E-state index contributed by atoms with van der Waals surface area (Å²) < 4.78 is 2.84. The van der Waals surface area contributed by atoms with E-state index in [1.807, 2.05) is 42.5 Å². The Balaban J connectivity index is 1.79. The second-order valence-corrected chi connectivity index (χ2v) is 9.41. The molecule has 0 saturated heterocycles. The van der Waals surface area contributed by atoms with Crippen LogP contribution in [-0.2, 0) is 13.1 Å². The van der Waals surface area contributed by atoms with Gasteiger partial charge in [-0.25, -0.2) is 9.97 Å². The maximum Gasteiger partial charge on any atom is 0.281 e. The number of fused-ring (bicyclic) bond motifs is 1. The molecule has 4 aromatic rings. The molecule has 0 aliphatic heterocycles. The molecule has 0 aliphatic rings. The number of rotatable bonds is 9. The van der Waals surface area contributed by atoms with Crippen LogP contribution in [-0.4, -0.2) is 32.5 Å². The van der Waals surface area contributed by atoms with Gasteiger partial charge >= 0.3 is 0 Å². The Bertz CT molecular complexity index is 1220. The fourth-order valence-electron chi connectivity index (χ4n) is 3.97. The molecule has 0 aliphatic carbocycles. The van der Waals surface area contributed by atoms with Gasteiger partial charge in [0.25, 0.3) is 5.56 Å². The molecule has 0 amide bonds. The molecule has 0 spiro atoms. The van der Waals surface area contributed by atoms with Crippen LogP contribution in [0.5, 0.6) is 0 Å². The lowest BCUT2D eigenvalue weighted by atomic mass is 10.1. The molecular formula is C24H26BrN5OS. The molecule has 0 fully saturated rings. The Morgan fingerprint density at radius 1 is 1.12 bits per heavy atom. The molecule has 4 rings (SSSR count). The summed E-state index contributed by atoms with van der Waals surface area (Å²) in [6.45, 7) is 4.55. The number of benzene rings is 2. The van der Waals surface area contributed by atoms with Gasteiger partial charge in [-0.05, 0) is 29.7 Å². The average molecular weight is 512 g/mol. The second kappa shape index (κ2) is 10.5. The van der Waals surface area contributed by atoms with Crippen LogP contribution in [0.25, 0.3) is 10.3 Å². The molecule has 1 atom stereocenters. The molecule has 2 aromatic heterocycles. The zero-order valence-corrected chi connectivity index (χ0v) is 20.3. The Hall–Kier alpha value is -2.39. The molecule has 6 nitrogen and oxygen atoms in total. The van der Waals surface area contributed by atoms with Crippen LogP contribution in [0.1, 0.15) is 36.3 Å². The van der Waals surface area contributed by atoms with Crippen molar-refractivity contribution in [2.24, 2.45) is 5.73 Å². The van der Waals surface area contributed by atoms with Crippen LogP contribution >= 0.6 is 27.3 Å². The third-order valence-electron chi connectivity index (χ3n) is 5.51. The molecule has 8 heteroatoms. The third kappa shape index (κ3) is 4.99. The summed E-state index contributed by atoms with van der Waals surface area (Å²) >= 11 is 4.91. The maximum absolute atomic E-state index is 13.4. The van der Waals surface area contributed by atoms with Crippen LogP contribution in [0.2, 0.25) is 0 Å². The van der Waals surface area contributed by atoms with E-state index in [2.05, 4.69) is 44.9 Å². The van der Waals surface area contributed by atoms with E-state index in [9.17, 15) is 4.79 Å². The molecular weight excluding hydrogens is 486 g/mol. The highest BCUT2D eigenvalue weighted by atomic mass is 79.9. The minimum absolute atomic E-state index is 0.0508. The summed E-state index contributed by atoms with van der Waals surface area (Å²) in [4.78, 5) is 25.7. The van der Waals surface area contributed by atoms with Gasteiger partial charge in [0.1, 0.15) is 5.82 Å². The SMILES string of the molecule is CCC(c1nc2scnc2c(=O)n1Cc1ccccc1)N(CCN)Cc1ccc(Br)cc1. The maximum atomic E-state index is 13.4. The lowest BCUT2D eigenvalue weighted by Crippen LogP contribution is -2.37. The summed E-state index contributed by atoms with van der Waals surface area (Å²) in [5.74, 6) is 0.767. The van der Waals surface area contributed by atoms with E-state index in [0.29, 0.717) is 30.0 Å². The first-order valence-electron chi connectivity index (χ1n) is 10.7. The van der Waals surface area contributed by atoms with E-state index in [1.54, 1.807) is 10.1 Å². The quantitative estimate of drug-likeness (QED) is 0.356. The number of thiazole rings is 1. The van der Waals surface area contributed by atoms with E-state index >= 15 is 0 Å². The monoisotopic (exact) mass is 511 g/mol. The number of hydrogen-bond acceptors (Lipinski definition) is 6. The topological polar surface area (TPSA) is 77.0 Å². The van der Waals surface area contributed by atoms with Gasteiger partial charge in [-0.1, -0.05) is 65.3 Å². The summed E-state index contributed by atoms with van der Waals surface area (Å²) in [5.41, 5.74) is 10.3. The lowest BCUT2D eigenvalue weighted by Gasteiger charge is -2.32. The highest BCUT2D eigenvalue weighted by molar-refractivity contribution is 9.10. The van der Waals surface area contributed by atoms with Crippen molar-refractivity contribution in [3.63, 3.8) is 0 Å². The molecule has 0 saturated carbocycles. The van der Waals surface area contributed by atoms with Gasteiger partial charge in [0.05, 0.1) is 18.1 Å². The standard InChI is InChI=1S/C24H26BrN5OS/c1-2-20(29(13-12-26)14-18-8-10-19(25)11-9-18)22-28-23-21(27-16-32-23)24(31)30(22)15-17-6-4-3-5-7-17/h3-11,16,20H,2,12-15,26H2,1H3. The van der Waals surface area contributed by atoms with Crippen molar-refractivity contribution < 1.29 is 0 Å². The number of nitrogens with two attached hydrogens (primary N) is 1. The molecule has 2 heterocycles. The zero-order valence-electron chi connectivity index (χ0n) is 17.9. The molecule has 2 N–H and O–H groups in total. The first-order valence-corrected chi connectivity index (χ1v) is 12.3. The molecule has 0 bridgehead atoms. The fraction of sp³-hybridized carbons (Fsp3) is 0.292. The van der Waals surface area contributed by atoms with E-state index < -0.39 is 0 Å². The number of hydrogen-bond donors (Lipinski definition) is 1. The van der Waals surface area contributed by atoms with Crippen LogP contribution < -0.4 is 11.3 Å². The zero-order chi connectivity index (χ0) is 22.5. The van der Waals surface area contributed by atoms with Crippen molar-refractivity contribution >= 4 is 37.6 Å². The number of nitrogens with zero attached hydrogens (tertiary/aromatic N) is 4. The second-order valence-electron chi connectivity index (χ2n) is 7.66. The van der Waals surface area contributed by atoms with Gasteiger partial charge in [-0.3, -0.25) is 14.3 Å². The normalized spacial score (nSPS) is 12.5. The minimum Gasteiger partial charge on any atom is -0.329 e. The number of halogens is 1. The first-order chi connectivity index (χ1) is 15.6. The molecule has 0 radical (unpaired) electrons.